The molecule has 2 aliphatic carbocycles. The summed E-state index contributed by atoms with van der Waals surface area (Å²) in [6.07, 6.45) is 8.06. The number of carbonyl (C=O) groups is 2. The summed E-state index contributed by atoms with van der Waals surface area (Å²) in [5, 5.41) is 12.2. The molecule has 4 nitrogen and oxygen atoms in total. The van der Waals surface area contributed by atoms with Gasteiger partial charge in [-0.25, -0.2) is 0 Å². The van der Waals surface area contributed by atoms with Crippen LogP contribution < -0.4 is 5.32 Å². The van der Waals surface area contributed by atoms with Gasteiger partial charge >= 0.3 is 5.97 Å². The van der Waals surface area contributed by atoms with Gasteiger partial charge in [0.1, 0.15) is 0 Å². The molecule has 1 saturated carbocycles. The van der Waals surface area contributed by atoms with Crippen LogP contribution in [-0.2, 0) is 9.59 Å². The van der Waals surface area contributed by atoms with Crippen LogP contribution in [0.2, 0.25) is 0 Å². The molecule has 0 aromatic carbocycles. The summed E-state index contributed by atoms with van der Waals surface area (Å²) in [6, 6.07) is 0. The van der Waals surface area contributed by atoms with Gasteiger partial charge in [0.25, 0.3) is 0 Å². The standard InChI is InChI=1S/C16H25NO3/c1-10(2)5-3-4-8-17-15(18)13-11-6-7-12(9-11)14(13)16(19)20/h6-7,10-14H,3-5,8-9H2,1-2H3,(H,17,18)(H,19,20)/t11?,12?,13-,14+/m0/s1. The third-order valence-corrected chi connectivity index (χ3v) is 4.55. The Bertz CT molecular complexity index is 403. The van der Waals surface area contributed by atoms with Crippen molar-refractivity contribution in [3.05, 3.63) is 12.2 Å². The quantitative estimate of drug-likeness (QED) is 0.555. The van der Waals surface area contributed by atoms with E-state index < -0.39 is 11.9 Å². The zero-order chi connectivity index (χ0) is 14.7. The van der Waals surface area contributed by atoms with Crippen molar-refractivity contribution in [3.63, 3.8) is 0 Å². The topological polar surface area (TPSA) is 66.4 Å². The summed E-state index contributed by atoms with van der Waals surface area (Å²) in [4.78, 5) is 23.6. The predicted molar refractivity (Wildman–Crippen MR) is 77.1 cm³/mol. The van der Waals surface area contributed by atoms with Gasteiger partial charge in [-0.15, -0.1) is 0 Å². The Balaban J connectivity index is 1.80. The molecule has 0 aromatic heterocycles. The fourth-order valence-corrected chi connectivity index (χ4v) is 3.52. The molecule has 0 saturated heterocycles. The normalized spacial score (nSPS) is 30.9. The van der Waals surface area contributed by atoms with Crippen molar-refractivity contribution in [2.45, 2.75) is 39.5 Å². The number of allylic oxidation sites excluding steroid dienone is 2. The number of nitrogens with one attached hydrogen (secondary N) is 1. The van der Waals surface area contributed by atoms with Gasteiger partial charge in [0.2, 0.25) is 5.91 Å². The first-order chi connectivity index (χ1) is 9.50. The Morgan fingerprint density at radius 1 is 1.20 bits per heavy atom. The summed E-state index contributed by atoms with van der Waals surface area (Å²) >= 11 is 0. The summed E-state index contributed by atoms with van der Waals surface area (Å²) in [5.74, 6) is -0.933. The van der Waals surface area contributed by atoms with Crippen LogP contribution in [0.25, 0.3) is 0 Å². The van der Waals surface area contributed by atoms with Gasteiger partial charge in [0, 0.05) is 6.54 Å². The minimum atomic E-state index is -0.832. The number of aliphatic carboxylic acids is 1. The molecule has 2 unspecified atom stereocenters. The third kappa shape index (κ3) is 3.22. The van der Waals surface area contributed by atoms with Crippen molar-refractivity contribution in [2.75, 3.05) is 6.54 Å². The number of hydrogen-bond donors (Lipinski definition) is 2. The van der Waals surface area contributed by atoms with E-state index in [9.17, 15) is 14.7 Å². The first-order valence-corrected chi connectivity index (χ1v) is 7.69. The molecule has 0 aromatic rings. The molecule has 4 atom stereocenters. The average Bonchev–Trinajstić information content (AvgIpc) is 2.97. The smallest absolute Gasteiger partial charge is 0.307 e. The molecular formula is C16H25NO3. The van der Waals surface area contributed by atoms with Gasteiger partial charge < -0.3 is 10.4 Å². The van der Waals surface area contributed by atoms with Gasteiger partial charge in [-0.3, -0.25) is 9.59 Å². The molecule has 0 spiro atoms. The van der Waals surface area contributed by atoms with Crippen LogP contribution in [0, 0.1) is 29.6 Å². The van der Waals surface area contributed by atoms with Gasteiger partial charge in [-0.05, 0) is 30.6 Å². The molecule has 2 bridgehead atoms. The van der Waals surface area contributed by atoms with Crippen LogP contribution in [0.5, 0.6) is 0 Å². The molecule has 2 N–H and O–H groups in total. The van der Waals surface area contributed by atoms with E-state index in [1.807, 2.05) is 12.2 Å². The molecule has 2 aliphatic rings. The SMILES string of the molecule is CC(C)CCCCNC(=O)[C@H]1C2C=CC(C2)[C@H]1C(=O)O. The molecule has 112 valence electrons. The third-order valence-electron chi connectivity index (χ3n) is 4.55. The van der Waals surface area contributed by atoms with Crippen LogP contribution in [0.15, 0.2) is 12.2 Å². The first-order valence-electron chi connectivity index (χ1n) is 7.69. The maximum absolute atomic E-state index is 12.2. The highest BCUT2D eigenvalue weighted by atomic mass is 16.4. The first kappa shape index (κ1) is 15.1. The number of carboxylic acid groups (broad SMARTS) is 1. The van der Waals surface area contributed by atoms with E-state index in [1.165, 1.54) is 6.42 Å². The summed E-state index contributed by atoms with van der Waals surface area (Å²) < 4.78 is 0. The molecule has 1 fully saturated rings. The molecule has 0 aliphatic heterocycles. The van der Waals surface area contributed by atoms with Crippen LogP contribution >= 0.6 is 0 Å². The lowest BCUT2D eigenvalue weighted by Gasteiger charge is -2.23. The monoisotopic (exact) mass is 279 g/mol. The maximum Gasteiger partial charge on any atom is 0.307 e. The zero-order valence-corrected chi connectivity index (χ0v) is 12.3. The molecule has 1 amide bonds. The highest BCUT2D eigenvalue weighted by Gasteiger charge is 2.51. The molecular weight excluding hydrogens is 254 g/mol. The Kier molecular flexibility index (Phi) is 4.84. The number of rotatable bonds is 7. The highest BCUT2D eigenvalue weighted by molar-refractivity contribution is 5.86. The zero-order valence-electron chi connectivity index (χ0n) is 12.3. The van der Waals surface area contributed by atoms with E-state index in [0.717, 1.165) is 19.3 Å². The van der Waals surface area contributed by atoms with Crippen LogP contribution in [0.4, 0.5) is 0 Å². The number of fused-ring (bicyclic) bond motifs is 2. The molecule has 4 heteroatoms. The second-order valence-corrected chi connectivity index (χ2v) is 6.52. The van der Waals surface area contributed by atoms with Crippen molar-refractivity contribution < 1.29 is 14.7 Å². The van der Waals surface area contributed by atoms with Gasteiger partial charge in [-0.2, -0.15) is 0 Å². The van der Waals surface area contributed by atoms with E-state index in [4.69, 9.17) is 0 Å². The van der Waals surface area contributed by atoms with Crippen molar-refractivity contribution >= 4 is 11.9 Å². The maximum atomic E-state index is 12.2. The fourth-order valence-electron chi connectivity index (χ4n) is 3.52. The van der Waals surface area contributed by atoms with Gasteiger partial charge in [0.05, 0.1) is 11.8 Å². The summed E-state index contributed by atoms with van der Waals surface area (Å²) in [7, 11) is 0. The average molecular weight is 279 g/mol. The lowest BCUT2D eigenvalue weighted by Crippen LogP contribution is -2.40. The second-order valence-electron chi connectivity index (χ2n) is 6.52. The predicted octanol–water partition coefficient (Wildman–Crippen LogP) is 2.45. The van der Waals surface area contributed by atoms with Crippen molar-refractivity contribution in [2.24, 2.45) is 29.6 Å². The largest absolute Gasteiger partial charge is 0.481 e. The van der Waals surface area contributed by atoms with E-state index in [2.05, 4.69) is 19.2 Å². The van der Waals surface area contributed by atoms with Gasteiger partial charge in [0.15, 0.2) is 0 Å². The highest BCUT2D eigenvalue weighted by Crippen LogP contribution is 2.48. The Morgan fingerprint density at radius 2 is 1.85 bits per heavy atom. The number of hydrogen-bond acceptors (Lipinski definition) is 2. The lowest BCUT2D eigenvalue weighted by molar-refractivity contribution is -0.147. The number of carboxylic acids is 1. The number of amides is 1. The van der Waals surface area contributed by atoms with Crippen molar-refractivity contribution in [1.29, 1.82) is 0 Å². The van der Waals surface area contributed by atoms with E-state index in [0.29, 0.717) is 12.5 Å². The van der Waals surface area contributed by atoms with E-state index in [1.54, 1.807) is 0 Å². The van der Waals surface area contributed by atoms with Gasteiger partial charge in [-0.1, -0.05) is 38.8 Å². The molecule has 0 heterocycles. The summed E-state index contributed by atoms with van der Waals surface area (Å²) in [5.41, 5.74) is 0. The number of unbranched alkanes of at least 4 members (excludes halogenated alkanes) is 1. The Hall–Kier alpha value is -1.32. The second kappa shape index (κ2) is 6.42. The molecule has 0 radical (unpaired) electrons. The fraction of sp³-hybridized carbons (Fsp3) is 0.750. The van der Waals surface area contributed by atoms with Crippen molar-refractivity contribution in [3.8, 4) is 0 Å². The minimum Gasteiger partial charge on any atom is -0.481 e. The van der Waals surface area contributed by atoms with Crippen LogP contribution in [-0.4, -0.2) is 23.5 Å². The minimum absolute atomic E-state index is 0.0502. The van der Waals surface area contributed by atoms with E-state index >= 15 is 0 Å². The molecule has 2 rings (SSSR count). The lowest BCUT2D eigenvalue weighted by atomic mass is 9.82. The Morgan fingerprint density at radius 3 is 2.45 bits per heavy atom. The molecule has 20 heavy (non-hydrogen) atoms. The Labute approximate surface area is 120 Å². The van der Waals surface area contributed by atoms with Crippen LogP contribution in [0.3, 0.4) is 0 Å². The van der Waals surface area contributed by atoms with Crippen molar-refractivity contribution in [1.82, 2.24) is 5.32 Å². The van der Waals surface area contributed by atoms with E-state index in [-0.39, 0.29) is 23.7 Å². The summed E-state index contributed by atoms with van der Waals surface area (Å²) in [6.45, 7) is 5.05. The van der Waals surface area contributed by atoms with Crippen LogP contribution in [0.1, 0.15) is 39.5 Å². The number of carbonyl (C=O) groups excluding carboxylic acids is 1.